The summed E-state index contributed by atoms with van der Waals surface area (Å²) in [5.74, 6) is -0.931. The normalized spacial score (nSPS) is 19.1. The Morgan fingerprint density at radius 2 is 2.26 bits per heavy atom. The summed E-state index contributed by atoms with van der Waals surface area (Å²) in [6.07, 6.45) is 1.08. The second-order valence-corrected chi connectivity index (χ2v) is 4.52. The molecule has 1 atom stereocenters. The van der Waals surface area contributed by atoms with E-state index in [4.69, 9.17) is 0 Å². The predicted molar refractivity (Wildman–Crippen MR) is 67.1 cm³/mol. The van der Waals surface area contributed by atoms with Crippen molar-refractivity contribution < 1.29 is 18.3 Å². The molecule has 1 amide bonds. The molecule has 4 nitrogen and oxygen atoms in total. The van der Waals surface area contributed by atoms with Crippen molar-refractivity contribution in [2.24, 2.45) is 0 Å². The fourth-order valence-electron chi connectivity index (χ4n) is 2.27. The third-order valence-corrected chi connectivity index (χ3v) is 3.18. The van der Waals surface area contributed by atoms with E-state index >= 15 is 0 Å². The second-order valence-electron chi connectivity index (χ2n) is 4.52. The van der Waals surface area contributed by atoms with Crippen LogP contribution in [0.15, 0.2) is 18.2 Å². The van der Waals surface area contributed by atoms with E-state index in [2.05, 4.69) is 10.1 Å². The topological polar surface area (TPSA) is 41.6 Å². The van der Waals surface area contributed by atoms with Crippen molar-refractivity contribution in [3.05, 3.63) is 29.8 Å². The molecule has 0 saturated carbocycles. The van der Waals surface area contributed by atoms with Crippen LogP contribution in [0.1, 0.15) is 12.8 Å². The standard InChI is InChI=1S/C13H16F2N2O2/c1-19-13(18)16-10-3-2-6-17(8-10)12-7-9(14)4-5-11(12)15/h4-5,7,10H,2-3,6,8H2,1H3,(H,16,18). The molecule has 1 aromatic carbocycles. The van der Waals surface area contributed by atoms with Crippen molar-refractivity contribution in [1.82, 2.24) is 5.32 Å². The molecule has 19 heavy (non-hydrogen) atoms. The lowest BCUT2D eigenvalue weighted by molar-refractivity contribution is 0.165. The maximum absolute atomic E-state index is 13.7. The molecular formula is C13H16F2N2O2. The van der Waals surface area contributed by atoms with Crippen LogP contribution in [0, 0.1) is 11.6 Å². The number of methoxy groups -OCH3 is 1. The zero-order chi connectivity index (χ0) is 13.8. The first-order valence-electron chi connectivity index (χ1n) is 6.14. The van der Waals surface area contributed by atoms with Crippen molar-refractivity contribution in [1.29, 1.82) is 0 Å². The van der Waals surface area contributed by atoms with Crippen LogP contribution < -0.4 is 10.2 Å². The molecule has 1 aliphatic heterocycles. The van der Waals surface area contributed by atoms with Gasteiger partial charge in [0, 0.05) is 25.2 Å². The largest absolute Gasteiger partial charge is 0.453 e. The summed E-state index contributed by atoms with van der Waals surface area (Å²) in [6, 6.07) is 3.26. The molecule has 1 aliphatic rings. The molecule has 0 aromatic heterocycles. The molecule has 0 bridgehead atoms. The first-order chi connectivity index (χ1) is 9.10. The molecule has 0 radical (unpaired) electrons. The number of alkyl carbamates (subject to hydrolysis) is 1. The highest BCUT2D eigenvalue weighted by Crippen LogP contribution is 2.24. The van der Waals surface area contributed by atoms with E-state index in [0.717, 1.165) is 25.0 Å². The summed E-state index contributed by atoms with van der Waals surface area (Å²) in [6.45, 7) is 1.08. The molecular weight excluding hydrogens is 254 g/mol. The van der Waals surface area contributed by atoms with Gasteiger partial charge in [-0.05, 0) is 25.0 Å². The molecule has 0 aliphatic carbocycles. The highest BCUT2D eigenvalue weighted by Gasteiger charge is 2.23. The fraction of sp³-hybridized carbons (Fsp3) is 0.462. The van der Waals surface area contributed by atoms with E-state index in [1.165, 1.54) is 13.2 Å². The Labute approximate surface area is 110 Å². The van der Waals surface area contributed by atoms with Crippen LogP contribution in [-0.2, 0) is 4.74 Å². The zero-order valence-corrected chi connectivity index (χ0v) is 10.7. The van der Waals surface area contributed by atoms with Gasteiger partial charge in [0.2, 0.25) is 0 Å². The summed E-state index contributed by atoms with van der Waals surface area (Å²) < 4.78 is 31.4. The average molecular weight is 270 g/mol. The SMILES string of the molecule is COC(=O)NC1CCCN(c2cc(F)ccc2F)C1. The Bertz CT molecular complexity index is 468. The number of anilines is 1. The van der Waals surface area contributed by atoms with Crippen LogP contribution in [0.4, 0.5) is 19.3 Å². The number of piperidine rings is 1. The minimum atomic E-state index is -0.508. The minimum Gasteiger partial charge on any atom is -0.453 e. The summed E-state index contributed by atoms with van der Waals surface area (Å²) in [5.41, 5.74) is 0.233. The molecule has 6 heteroatoms. The number of hydrogen-bond acceptors (Lipinski definition) is 3. The van der Waals surface area contributed by atoms with E-state index in [1.54, 1.807) is 4.90 Å². The molecule has 0 spiro atoms. The van der Waals surface area contributed by atoms with Gasteiger partial charge in [0.05, 0.1) is 12.8 Å². The lowest BCUT2D eigenvalue weighted by Crippen LogP contribution is -2.48. The van der Waals surface area contributed by atoms with Gasteiger partial charge in [-0.2, -0.15) is 0 Å². The van der Waals surface area contributed by atoms with E-state index in [1.807, 2.05) is 0 Å². The summed E-state index contributed by atoms with van der Waals surface area (Å²) in [4.78, 5) is 12.9. The Hall–Kier alpha value is -1.85. The van der Waals surface area contributed by atoms with Crippen LogP contribution in [0.5, 0.6) is 0 Å². The second kappa shape index (κ2) is 5.86. The van der Waals surface area contributed by atoms with Crippen molar-refractivity contribution in [3.8, 4) is 0 Å². The van der Waals surface area contributed by atoms with Gasteiger partial charge in [0.25, 0.3) is 0 Å². The monoisotopic (exact) mass is 270 g/mol. The molecule has 1 aromatic rings. The Balaban J connectivity index is 2.08. The van der Waals surface area contributed by atoms with Crippen molar-refractivity contribution in [3.63, 3.8) is 0 Å². The fourth-order valence-corrected chi connectivity index (χ4v) is 2.27. The number of benzene rings is 1. The average Bonchev–Trinajstić information content (AvgIpc) is 2.41. The van der Waals surface area contributed by atoms with Gasteiger partial charge in [-0.3, -0.25) is 0 Å². The van der Waals surface area contributed by atoms with Crippen molar-refractivity contribution in [2.75, 3.05) is 25.1 Å². The van der Waals surface area contributed by atoms with E-state index in [-0.39, 0.29) is 11.7 Å². The maximum Gasteiger partial charge on any atom is 0.407 e. The maximum atomic E-state index is 13.7. The lowest BCUT2D eigenvalue weighted by Gasteiger charge is -2.34. The predicted octanol–water partition coefficient (Wildman–Crippen LogP) is 2.29. The molecule has 1 N–H and O–H groups in total. The number of carbonyl (C=O) groups excluding carboxylic acids is 1. The van der Waals surface area contributed by atoms with Crippen LogP contribution in [-0.4, -0.2) is 32.3 Å². The first kappa shape index (κ1) is 13.6. The molecule has 2 rings (SSSR count). The van der Waals surface area contributed by atoms with Gasteiger partial charge in [-0.15, -0.1) is 0 Å². The number of rotatable bonds is 2. The lowest BCUT2D eigenvalue weighted by atomic mass is 10.0. The highest BCUT2D eigenvalue weighted by atomic mass is 19.1. The number of carbonyl (C=O) groups is 1. The number of nitrogens with one attached hydrogen (secondary N) is 1. The number of ether oxygens (including phenoxy) is 1. The third-order valence-electron chi connectivity index (χ3n) is 3.18. The highest BCUT2D eigenvalue weighted by molar-refractivity contribution is 5.67. The van der Waals surface area contributed by atoms with Crippen molar-refractivity contribution >= 4 is 11.8 Å². The number of halogens is 2. The quantitative estimate of drug-likeness (QED) is 0.896. The minimum absolute atomic E-state index is 0.121. The molecule has 1 unspecified atom stereocenters. The first-order valence-corrected chi connectivity index (χ1v) is 6.14. The van der Waals surface area contributed by atoms with E-state index in [0.29, 0.717) is 13.1 Å². The Morgan fingerprint density at radius 1 is 1.47 bits per heavy atom. The number of hydrogen-bond donors (Lipinski definition) is 1. The Morgan fingerprint density at radius 3 is 3.00 bits per heavy atom. The van der Waals surface area contributed by atoms with Crippen LogP contribution >= 0.6 is 0 Å². The summed E-state index contributed by atoms with van der Waals surface area (Å²) in [5, 5.41) is 2.68. The van der Waals surface area contributed by atoms with Gasteiger partial charge in [0.15, 0.2) is 0 Å². The van der Waals surface area contributed by atoms with Gasteiger partial charge in [0.1, 0.15) is 11.6 Å². The molecule has 104 valence electrons. The molecule has 1 fully saturated rings. The van der Waals surface area contributed by atoms with Gasteiger partial charge >= 0.3 is 6.09 Å². The van der Waals surface area contributed by atoms with Crippen molar-refractivity contribution in [2.45, 2.75) is 18.9 Å². The zero-order valence-electron chi connectivity index (χ0n) is 10.7. The van der Waals surface area contributed by atoms with Gasteiger partial charge in [-0.25, -0.2) is 13.6 Å². The van der Waals surface area contributed by atoms with E-state index < -0.39 is 17.7 Å². The number of nitrogens with zero attached hydrogens (tertiary/aromatic N) is 1. The van der Waals surface area contributed by atoms with Crippen LogP contribution in [0.2, 0.25) is 0 Å². The smallest absolute Gasteiger partial charge is 0.407 e. The van der Waals surface area contributed by atoms with Gasteiger partial charge in [-0.1, -0.05) is 0 Å². The van der Waals surface area contributed by atoms with Crippen LogP contribution in [0.3, 0.4) is 0 Å². The Kier molecular flexibility index (Phi) is 4.19. The summed E-state index contributed by atoms with van der Waals surface area (Å²) in [7, 11) is 1.29. The third kappa shape index (κ3) is 3.33. The summed E-state index contributed by atoms with van der Waals surface area (Å²) >= 11 is 0. The molecule has 1 heterocycles. The van der Waals surface area contributed by atoms with Crippen LogP contribution in [0.25, 0.3) is 0 Å². The van der Waals surface area contributed by atoms with E-state index in [9.17, 15) is 13.6 Å². The molecule has 1 saturated heterocycles. The van der Waals surface area contributed by atoms with Gasteiger partial charge < -0.3 is 15.0 Å². The number of amides is 1.